The van der Waals surface area contributed by atoms with Crippen molar-refractivity contribution in [2.45, 2.75) is 54.9 Å². The summed E-state index contributed by atoms with van der Waals surface area (Å²) in [6, 6.07) is 4.53. The fraction of sp³-hybridized carbons (Fsp3) is 0.684. The topological polar surface area (TPSA) is 79.3 Å². The van der Waals surface area contributed by atoms with Crippen molar-refractivity contribution in [3.05, 3.63) is 24.3 Å². The van der Waals surface area contributed by atoms with Gasteiger partial charge in [0.1, 0.15) is 5.75 Å². The van der Waals surface area contributed by atoms with Crippen LogP contribution in [0.15, 0.2) is 29.2 Å². The lowest BCUT2D eigenvalue weighted by atomic mass is 9.87. The molecule has 2 bridgehead atoms. The molecule has 10 heteroatoms. The molecular weight excluding hydrogens is 406 g/mol. The highest BCUT2D eigenvalue weighted by Crippen LogP contribution is 2.44. The van der Waals surface area contributed by atoms with Gasteiger partial charge in [-0.05, 0) is 49.9 Å². The van der Waals surface area contributed by atoms with Gasteiger partial charge in [-0.1, -0.05) is 0 Å². The van der Waals surface area contributed by atoms with Crippen LogP contribution in [0.5, 0.6) is 5.75 Å². The quantitative estimate of drug-likeness (QED) is 0.737. The molecule has 0 spiro atoms. The standard InChI is InChI=1S/C19H26F2N2O5S/c20-18(21)28-16-3-5-17(6-4-16)29(25,26)23-14-1-2-15(23)12-19(24,11-14)13-22-7-9-27-10-8-22/h3-6,14-15,18,24H,1-2,7-13H2/t14-,15+,19+. The van der Waals surface area contributed by atoms with Gasteiger partial charge in [-0.15, -0.1) is 0 Å². The first-order chi connectivity index (χ1) is 13.8. The van der Waals surface area contributed by atoms with E-state index in [1.54, 1.807) is 0 Å². The summed E-state index contributed by atoms with van der Waals surface area (Å²) in [5, 5.41) is 11.2. The molecule has 0 radical (unpaired) electrons. The Kier molecular flexibility index (Phi) is 5.82. The SMILES string of the molecule is O=S(=O)(c1ccc(OC(F)F)cc1)N1[C@@H]2CC[C@H]1C[C@](O)(CN1CCOCC1)C2. The van der Waals surface area contributed by atoms with Gasteiger partial charge in [0.25, 0.3) is 0 Å². The molecule has 3 atom stereocenters. The number of morpholine rings is 1. The zero-order chi connectivity index (χ0) is 20.6. The Labute approximate surface area is 169 Å². The van der Waals surface area contributed by atoms with Crippen molar-refractivity contribution < 1.29 is 31.8 Å². The van der Waals surface area contributed by atoms with Crippen molar-refractivity contribution >= 4 is 10.0 Å². The molecule has 3 aliphatic heterocycles. The Morgan fingerprint density at radius 3 is 2.28 bits per heavy atom. The second-order valence-electron chi connectivity index (χ2n) is 8.09. The van der Waals surface area contributed by atoms with Crippen molar-refractivity contribution in [2.75, 3.05) is 32.8 Å². The third-order valence-electron chi connectivity index (χ3n) is 6.03. The van der Waals surface area contributed by atoms with Gasteiger partial charge in [0.15, 0.2) is 0 Å². The number of rotatable bonds is 6. The minimum Gasteiger partial charge on any atom is -0.435 e. The number of piperidine rings is 1. The number of hydrogen-bond donors (Lipinski definition) is 1. The van der Waals surface area contributed by atoms with E-state index >= 15 is 0 Å². The fourth-order valence-electron chi connectivity index (χ4n) is 4.89. The monoisotopic (exact) mass is 432 g/mol. The van der Waals surface area contributed by atoms with Crippen LogP contribution < -0.4 is 4.74 Å². The molecule has 1 aromatic carbocycles. The Balaban J connectivity index is 1.48. The highest BCUT2D eigenvalue weighted by atomic mass is 32.2. The third kappa shape index (κ3) is 4.41. The summed E-state index contributed by atoms with van der Waals surface area (Å²) in [7, 11) is -3.78. The Morgan fingerprint density at radius 2 is 1.72 bits per heavy atom. The van der Waals surface area contributed by atoms with E-state index in [4.69, 9.17) is 4.74 Å². The lowest BCUT2D eigenvalue weighted by Crippen LogP contribution is -2.57. The van der Waals surface area contributed by atoms with Gasteiger partial charge in [-0.2, -0.15) is 13.1 Å². The van der Waals surface area contributed by atoms with Crippen LogP contribution in [0, 0.1) is 0 Å². The van der Waals surface area contributed by atoms with E-state index < -0.39 is 22.2 Å². The summed E-state index contributed by atoms with van der Waals surface area (Å²) < 4.78 is 62.2. The second-order valence-corrected chi connectivity index (χ2v) is 9.93. The van der Waals surface area contributed by atoms with Crippen LogP contribution in [0.1, 0.15) is 25.7 Å². The summed E-state index contributed by atoms with van der Waals surface area (Å²) in [6.07, 6.45) is 2.21. The van der Waals surface area contributed by atoms with Gasteiger partial charge in [0.05, 0.1) is 23.7 Å². The number of alkyl halides is 2. The Hall–Kier alpha value is -1.33. The first-order valence-electron chi connectivity index (χ1n) is 9.88. The molecule has 4 rings (SSSR count). The summed E-state index contributed by atoms with van der Waals surface area (Å²) >= 11 is 0. The largest absolute Gasteiger partial charge is 0.435 e. The Morgan fingerprint density at radius 1 is 1.14 bits per heavy atom. The molecule has 3 aliphatic rings. The summed E-state index contributed by atoms with van der Waals surface area (Å²) in [5.41, 5.74) is -0.913. The third-order valence-corrected chi connectivity index (χ3v) is 8.05. The maximum Gasteiger partial charge on any atom is 0.387 e. The lowest BCUT2D eigenvalue weighted by Gasteiger charge is -2.45. The highest BCUT2D eigenvalue weighted by molar-refractivity contribution is 7.89. The van der Waals surface area contributed by atoms with Crippen molar-refractivity contribution in [1.82, 2.24) is 9.21 Å². The van der Waals surface area contributed by atoms with E-state index in [0.29, 0.717) is 45.4 Å². The van der Waals surface area contributed by atoms with E-state index in [0.717, 1.165) is 13.1 Å². The normalized spacial score (nSPS) is 31.3. The van der Waals surface area contributed by atoms with Gasteiger partial charge in [0.2, 0.25) is 10.0 Å². The molecule has 3 fully saturated rings. The number of hydrogen-bond acceptors (Lipinski definition) is 6. The number of halogens is 2. The van der Waals surface area contributed by atoms with E-state index in [1.807, 2.05) is 0 Å². The predicted octanol–water partition coefficient (Wildman–Crippen LogP) is 1.67. The molecule has 1 N–H and O–H groups in total. The van der Waals surface area contributed by atoms with Gasteiger partial charge in [-0.25, -0.2) is 8.42 Å². The van der Waals surface area contributed by atoms with E-state index in [1.165, 1.54) is 28.6 Å². The smallest absolute Gasteiger partial charge is 0.387 e. The maximum absolute atomic E-state index is 13.2. The van der Waals surface area contributed by atoms with Crippen molar-refractivity contribution in [3.63, 3.8) is 0 Å². The van der Waals surface area contributed by atoms with Crippen LogP contribution in [0.4, 0.5) is 8.78 Å². The Bertz CT molecular complexity index is 800. The minimum atomic E-state index is -3.78. The molecule has 3 saturated heterocycles. The van der Waals surface area contributed by atoms with Crippen LogP contribution in [-0.2, 0) is 14.8 Å². The number of ether oxygens (including phenoxy) is 2. The van der Waals surface area contributed by atoms with Crippen molar-refractivity contribution in [2.24, 2.45) is 0 Å². The molecule has 3 heterocycles. The number of aliphatic hydroxyl groups is 1. The number of nitrogens with zero attached hydrogens (tertiary/aromatic N) is 2. The molecular formula is C19H26F2N2O5S. The summed E-state index contributed by atoms with van der Waals surface area (Å²) in [6.45, 7) is 0.402. The van der Waals surface area contributed by atoms with E-state index in [9.17, 15) is 22.3 Å². The van der Waals surface area contributed by atoms with Crippen LogP contribution in [0.2, 0.25) is 0 Å². The molecule has 0 aromatic heterocycles. The van der Waals surface area contributed by atoms with E-state index in [2.05, 4.69) is 9.64 Å². The van der Waals surface area contributed by atoms with Crippen LogP contribution in [0.25, 0.3) is 0 Å². The second kappa shape index (κ2) is 8.07. The molecule has 0 unspecified atom stereocenters. The van der Waals surface area contributed by atoms with Crippen LogP contribution in [0.3, 0.4) is 0 Å². The van der Waals surface area contributed by atoms with Crippen molar-refractivity contribution in [3.8, 4) is 5.75 Å². The number of β-amino-alcohol motifs (C(OH)–C–C–N with tert-alkyl or cyclic N) is 1. The van der Waals surface area contributed by atoms with Gasteiger partial charge < -0.3 is 14.6 Å². The molecule has 0 saturated carbocycles. The lowest BCUT2D eigenvalue weighted by molar-refractivity contribution is -0.0694. The molecule has 162 valence electrons. The highest BCUT2D eigenvalue weighted by Gasteiger charge is 2.52. The average molecular weight is 432 g/mol. The van der Waals surface area contributed by atoms with Crippen LogP contribution >= 0.6 is 0 Å². The minimum absolute atomic E-state index is 0.0506. The predicted molar refractivity (Wildman–Crippen MR) is 100 cm³/mol. The van der Waals surface area contributed by atoms with E-state index in [-0.39, 0.29) is 22.7 Å². The summed E-state index contributed by atoms with van der Waals surface area (Å²) in [4.78, 5) is 2.23. The average Bonchev–Trinajstić information content (AvgIpc) is 2.96. The zero-order valence-corrected chi connectivity index (χ0v) is 16.9. The van der Waals surface area contributed by atoms with Crippen LogP contribution in [-0.4, -0.2) is 79.9 Å². The number of benzene rings is 1. The van der Waals surface area contributed by atoms with Gasteiger partial charge in [-0.3, -0.25) is 4.90 Å². The molecule has 29 heavy (non-hydrogen) atoms. The van der Waals surface area contributed by atoms with Crippen molar-refractivity contribution in [1.29, 1.82) is 0 Å². The number of fused-ring (bicyclic) bond motifs is 2. The molecule has 0 amide bonds. The molecule has 0 aliphatic carbocycles. The molecule has 1 aromatic rings. The van der Waals surface area contributed by atoms with Gasteiger partial charge in [0, 0.05) is 31.7 Å². The van der Waals surface area contributed by atoms with Gasteiger partial charge >= 0.3 is 6.61 Å². The fourth-order valence-corrected chi connectivity index (χ4v) is 6.76. The number of sulfonamides is 1. The zero-order valence-electron chi connectivity index (χ0n) is 16.0. The molecule has 7 nitrogen and oxygen atoms in total. The first-order valence-corrected chi connectivity index (χ1v) is 11.3. The first kappa shape index (κ1) is 20.9. The maximum atomic E-state index is 13.2. The summed E-state index contributed by atoms with van der Waals surface area (Å²) in [5.74, 6) is -0.0829.